The second-order valence-corrected chi connectivity index (χ2v) is 10.4. The molecule has 0 spiro atoms. The van der Waals surface area contributed by atoms with E-state index in [4.69, 9.17) is 10.2 Å². The van der Waals surface area contributed by atoms with Crippen LogP contribution in [0.5, 0.6) is 0 Å². The van der Waals surface area contributed by atoms with E-state index < -0.39 is 11.9 Å². The van der Waals surface area contributed by atoms with E-state index in [-0.39, 0.29) is 24.4 Å². The molecule has 0 saturated carbocycles. The molecule has 0 aromatic heterocycles. The van der Waals surface area contributed by atoms with Gasteiger partial charge in [0.2, 0.25) is 0 Å². The fourth-order valence-corrected chi connectivity index (χ4v) is 4.21. The van der Waals surface area contributed by atoms with Crippen LogP contribution in [-0.2, 0) is 9.59 Å². The molecule has 0 amide bonds. The molecule has 0 saturated heterocycles. The van der Waals surface area contributed by atoms with Crippen LogP contribution in [0.15, 0.2) is 48.6 Å². The molecule has 0 aliphatic carbocycles. The molecule has 0 heterocycles. The Balaban J connectivity index is 0.000000300. The second-order valence-electron chi connectivity index (χ2n) is 5.60. The number of ketones is 2. The molecule has 30 heavy (non-hydrogen) atoms. The van der Waals surface area contributed by atoms with Gasteiger partial charge >= 0.3 is 11.9 Å². The largest absolute Gasteiger partial charge is 0.481 e. The van der Waals surface area contributed by atoms with Crippen molar-refractivity contribution in [1.82, 2.24) is 0 Å². The second kappa shape index (κ2) is 13.7. The first-order valence-corrected chi connectivity index (χ1v) is 12.4. The van der Waals surface area contributed by atoms with Gasteiger partial charge in [-0.3, -0.25) is 14.4 Å². The fourth-order valence-electron chi connectivity index (χ4n) is 1.99. The van der Waals surface area contributed by atoms with E-state index in [1.807, 2.05) is 46.9 Å². The standard InChI is InChI=1S/C10H8I2O3.C10H6I2O3/c2*11-6-1-2-8(12)7(5-6)9(13)3-4-10(14)15/h1-2,5H,3-4H2,(H,14,15);1-5H,(H,14,15)/b;4-3+. The van der Waals surface area contributed by atoms with Gasteiger partial charge in [-0.15, -0.1) is 0 Å². The predicted octanol–water partition coefficient (Wildman–Crippen LogP) is 5.66. The van der Waals surface area contributed by atoms with Crippen molar-refractivity contribution in [1.29, 1.82) is 0 Å². The maximum Gasteiger partial charge on any atom is 0.328 e. The Kier molecular flexibility index (Phi) is 12.5. The molecular formula is C20H14I4O6. The SMILES string of the molecule is O=C(O)/C=C/C(=O)c1cc(I)ccc1I.O=C(O)CCC(=O)c1cc(I)ccc1I. The molecule has 0 aliphatic rings. The Morgan fingerprint density at radius 2 is 1.23 bits per heavy atom. The summed E-state index contributed by atoms with van der Waals surface area (Å²) in [4.78, 5) is 43.8. The summed E-state index contributed by atoms with van der Waals surface area (Å²) in [6, 6.07) is 11.0. The third kappa shape index (κ3) is 10.1. The monoisotopic (exact) mass is 858 g/mol. The number of carbonyl (C=O) groups is 4. The zero-order valence-electron chi connectivity index (χ0n) is 15.1. The van der Waals surface area contributed by atoms with Crippen LogP contribution in [0.1, 0.15) is 33.6 Å². The molecule has 0 radical (unpaired) electrons. The van der Waals surface area contributed by atoms with Crippen molar-refractivity contribution in [3.8, 4) is 0 Å². The van der Waals surface area contributed by atoms with E-state index in [0.29, 0.717) is 11.1 Å². The third-order valence-electron chi connectivity index (χ3n) is 3.37. The maximum absolute atomic E-state index is 11.7. The zero-order chi connectivity index (χ0) is 22.8. The van der Waals surface area contributed by atoms with E-state index in [9.17, 15) is 19.2 Å². The highest BCUT2D eigenvalue weighted by Crippen LogP contribution is 2.18. The normalized spacial score (nSPS) is 10.3. The van der Waals surface area contributed by atoms with Crippen molar-refractivity contribution in [3.63, 3.8) is 0 Å². The van der Waals surface area contributed by atoms with Crippen molar-refractivity contribution in [2.45, 2.75) is 12.8 Å². The number of aliphatic carboxylic acids is 2. The number of allylic oxidation sites excluding steroid dienone is 1. The average Bonchev–Trinajstić information content (AvgIpc) is 2.68. The van der Waals surface area contributed by atoms with Gasteiger partial charge < -0.3 is 10.2 Å². The summed E-state index contributed by atoms with van der Waals surface area (Å²) >= 11 is 8.35. The number of Topliss-reactive ketones (excluding diaryl/α,β-unsaturated/α-hetero) is 1. The number of carboxylic acids is 2. The van der Waals surface area contributed by atoms with Crippen LogP contribution in [0.3, 0.4) is 0 Å². The Bertz CT molecular complexity index is 1000. The van der Waals surface area contributed by atoms with Gasteiger partial charge in [0.05, 0.1) is 6.42 Å². The van der Waals surface area contributed by atoms with Crippen LogP contribution in [0.25, 0.3) is 0 Å². The smallest absolute Gasteiger partial charge is 0.328 e. The first kappa shape index (κ1) is 27.4. The number of hydrogen-bond donors (Lipinski definition) is 2. The van der Waals surface area contributed by atoms with Gasteiger partial charge in [0.25, 0.3) is 0 Å². The van der Waals surface area contributed by atoms with Gasteiger partial charge in [-0.05, 0) is 133 Å². The highest BCUT2D eigenvalue weighted by atomic mass is 127. The van der Waals surface area contributed by atoms with Crippen molar-refractivity contribution in [3.05, 3.63) is 74.0 Å². The van der Waals surface area contributed by atoms with Crippen LogP contribution in [0.2, 0.25) is 0 Å². The highest BCUT2D eigenvalue weighted by Gasteiger charge is 2.12. The Hall–Kier alpha value is -0.620. The third-order valence-corrected chi connectivity index (χ3v) is 6.59. The molecule has 2 rings (SSSR count). The minimum Gasteiger partial charge on any atom is -0.481 e. The first-order chi connectivity index (χ1) is 14.0. The lowest BCUT2D eigenvalue weighted by Crippen LogP contribution is -2.05. The van der Waals surface area contributed by atoms with E-state index in [0.717, 1.165) is 26.4 Å². The van der Waals surface area contributed by atoms with E-state index in [1.54, 1.807) is 12.1 Å². The molecule has 0 atom stereocenters. The fraction of sp³-hybridized carbons (Fsp3) is 0.100. The quantitative estimate of drug-likeness (QED) is 0.212. The van der Waals surface area contributed by atoms with E-state index >= 15 is 0 Å². The van der Waals surface area contributed by atoms with Gasteiger partial charge in [-0.25, -0.2) is 4.79 Å². The minimum atomic E-state index is -1.12. The average molecular weight is 858 g/mol. The van der Waals surface area contributed by atoms with Crippen LogP contribution < -0.4 is 0 Å². The summed E-state index contributed by atoms with van der Waals surface area (Å²) < 4.78 is 3.60. The molecule has 6 nitrogen and oxygen atoms in total. The lowest BCUT2D eigenvalue weighted by molar-refractivity contribution is -0.137. The molecule has 0 aliphatic heterocycles. The first-order valence-electron chi connectivity index (χ1n) is 8.11. The van der Waals surface area contributed by atoms with Gasteiger partial charge in [0, 0.05) is 37.9 Å². The van der Waals surface area contributed by atoms with Crippen LogP contribution >= 0.6 is 90.4 Å². The molecule has 0 fully saturated rings. The number of hydrogen-bond acceptors (Lipinski definition) is 4. The Morgan fingerprint density at radius 1 is 0.733 bits per heavy atom. The minimum absolute atomic E-state index is 0.0609. The summed E-state index contributed by atoms with van der Waals surface area (Å²) in [5, 5.41) is 16.9. The molecule has 0 bridgehead atoms. The summed E-state index contributed by atoms with van der Waals surface area (Å²) in [5.74, 6) is -2.46. The maximum atomic E-state index is 11.7. The predicted molar refractivity (Wildman–Crippen MR) is 146 cm³/mol. The van der Waals surface area contributed by atoms with Crippen LogP contribution in [0, 0.1) is 14.3 Å². The van der Waals surface area contributed by atoms with Gasteiger partial charge in [-0.1, -0.05) is 0 Å². The molecule has 2 aromatic carbocycles. The van der Waals surface area contributed by atoms with Gasteiger partial charge in [-0.2, -0.15) is 0 Å². The van der Waals surface area contributed by atoms with Crippen molar-refractivity contribution in [2.75, 3.05) is 0 Å². The molecule has 0 unspecified atom stereocenters. The van der Waals surface area contributed by atoms with E-state index in [1.165, 1.54) is 0 Å². The molecular weight excluding hydrogens is 844 g/mol. The summed E-state index contributed by atoms with van der Waals surface area (Å²) in [6.07, 6.45) is 1.86. The number of benzene rings is 2. The molecule has 2 N–H and O–H groups in total. The molecule has 10 heteroatoms. The topological polar surface area (TPSA) is 109 Å². The lowest BCUT2D eigenvalue weighted by Gasteiger charge is -2.03. The summed E-state index contributed by atoms with van der Waals surface area (Å²) in [6.45, 7) is 0. The molecule has 2 aromatic rings. The highest BCUT2D eigenvalue weighted by molar-refractivity contribution is 14.1. The summed E-state index contributed by atoms with van der Waals surface area (Å²) in [7, 11) is 0. The van der Waals surface area contributed by atoms with Crippen molar-refractivity contribution >= 4 is 114 Å². The number of rotatable bonds is 7. The molecule has 158 valence electrons. The summed E-state index contributed by atoms with van der Waals surface area (Å²) in [5.41, 5.74) is 1.14. The lowest BCUT2D eigenvalue weighted by atomic mass is 10.1. The number of carbonyl (C=O) groups excluding carboxylic acids is 2. The Labute approximate surface area is 227 Å². The van der Waals surface area contributed by atoms with E-state index in [2.05, 4.69) is 67.8 Å². The van der Waals surface area contributed by atoms with Gasteiger partial charge in [0.15, 0.2) is 11.6 Å². The Morgan fingerprint density at radius 3 is 1.73 bits per heavy atom. The van der Waals surface area contributed by atoms with Crippen molar-refractivity contribution < 1.29 is 29.4 Å². The van der Waals surface area contributed by atoms with Crippen molar-refractivity contribution in [2.24, 2.45) is 0 Å². The van der Waals surface area contributed by atoms with Crippen LogP contribution in [0.4, 0.5) is 0 Å². The number of carboxylic acid groups (broad SMARTS) is 2. The number of halogens is 4. The van der Waals surface area contributed by atoms with Gasteiger partial charge in [0.1, 0.15) is 0 Å². The van der Waals surface area contributed by atoms with Crippen LogP contribution in [-0.4, -0.2) is 33.7 Å². The zero-order valence-corrected chi connectivity index (χ0v) is 23.7.